The minimum atomic E-state index is -0.158. The summed E-state index contributed by atoms with van der Waals surface area (Å²) in [6, 6.07) is 12.6. The van der Waals surface area contributed by atoms with Crippen LogP contribution in [0.4, 0.5) is 5.69 Å². The van der Waals surface area contributed by atoms with Crippen LogP contribution in [-0.2, 0) is 4.79 Å². The Kier molecular flexibility index (Phi) is 5.30. The Morgan fingerprint density at radius 2 is 1.96 bits per heavy atom. The van der Waals surface area contributed by atoms with Crippen molar-refractivity contribution in [2.45, 2.75) is 0 Å². The number of anilines is 1. The van der Waals surface area contributed by atoms with Crippen LogP contribution in [0.2, 0.25) is 5.02 Å². The first-order valence-electron chi connectivity index (χ1n) is 6.86. The second kappa shape index (κ2) is 7.27. The smallest absolute Gasteiger partial charge is 0.270 e. The number of benzene rings is 2. The van der Waals surface area contributed by atoms with Gasteiger partial charge in [-0.25, -0.2) is 0 Å². The van der Waals surface area contributed by atoms with E-state index in [0.717, 1.165) is 10.0 Å². The lowest BCUT2D eigenvalue weighted by Gasteiger charge is -2.14. The van der Waals surface area contributed by atoms with Gasteiger partial charge in [-0.3, -0.25) is 9.69 Å². The van der Waals surface area contributed by atoms with E-state index in [1.54, 1.807) is 37.5 Å². The molecule has 1 heterocycles. The Bertz CT molecular complexity index is 852. The Morgan fingerprint density at radius 3 is 2.62 bits per heavy atom. The fraction of sp³-hybridized carbons (Fsp3) is 0.0588. The molecule has 122 valence electrons. The van der Waals surface area contributed by atoms with Crippen LogP contribution in [0.3, 0.4) is 0 Å². The molecule has 1 fully saturated rings. The molecule has 24 heavy (non-hydrogen) atoms. The molecule has 0 radical (unpaired) electrons. The zero-order valence-corrected chi connectivity index (χ0v) is 16.4. The molecule has 3 nitrogen and oxygen atoms in total. The molecule has 0 atom stereocenters. The first-order chi connectivity index (χ1) is 11.5. The van der Waals surface area contributed by atoms with E-state index < -0.39 is 0 Å². The van der Waals surface area contributed by atoms with Crippen molar-refractivity contribution in [2.24, 2.45) is 0 Å². The van der Waals surface area contributed by atoms with Crippen molar-refractivity contribution in [3.63, 3.8) is 0 Å². The van der Waals surface area contributed by atoms with Crippen molar-refractivity contribution in [1.29, 1.82) is 0 Å². The number of carbonyl (C=O) groups is 1. The van der Waals surface area contributed by atoms with Crippen molar-refractivity contribution >= 4 is 73.5 Å². The van der Waals surface area contributed by atoms with Gasteiger partial charge in [-0.1, -0.05) is 51.5 Å². The monoisotopic (exact) mass is 439 g/mol. The molecule has 0 aliphatic carbocycles. The summed E-state index contributed by atoms with van der Waals surface area (Å²) in [6.45, 7) is 0. The highest BCUT2D eigenvalue weighted by Gasteiger charge is 2.33. The summed E-state index contributed by atoms with van der Waals surface area (Å²) < 4.78 is 6.74. The minimum Gasteiger partial charge on any atom is -0.496 e. The standard InChI is InChI=1S/C17H11BrClNO2S2/c1-22-14-7-2-11(18)8-10(14)9-15-16(21)20(17(23)24-15)13-5-3-12(19)4-6-13/h2-9H,1H3/b15-9-. The van der Waals surface area contributed by atoms with Gasteiger partial charge < -0.3 is 4.74 Å². The van der Waals surface area contributed by atoms with Gasteiger partial charge in [0.05, 0.1) is 17.7 Å². The molecule has 0 saturated carbocycles. The molecule has 2 aromatic rings. The van der Waals surface area contributed by atoms with Gasteiger partial charge in [0.15, 0.2) is 4.32 Å². The highest BCUT2D eigenvalue weighted by molar-refractivity contribution is 9.10. The van der Waals surface area contributed by atoms with Crippen molar-refractivity contribution in [2.75, 3.05) is 12.0 Å². The second-order valence-electron chi connectivity index (χ2n) is 4.88. The first kappa shape index (κ1) is 17.5. The molecule has 1 aliphatic heterocycles. The highest BCUT2D eigenvalue weighted by Crippen LogP contribution is 2.37. The van der Waals surface area contributed by atoms with Gasteiger partial charge >= 0.3 is 0 Å². The van der Waals surface area contributed by atoms with E-state index in [0.29, 0.717) is 25.7 Å². The van der Waals surface area contributed by atoms with Gasteiger partial charge in [0.1, 0.15) is 5.75 Å². The van der Waals surface area contributed by atoms with E-state index in [-0.39, 0.29) is 5.91 Å². The molecule has 1 amide bonds. The predicted octanol–water partition coefficient (Wildman–Crippen LogP) is 5.52. The molecule has 3 rings (SSSR count). The van der Waals surface area contributed by atoms with Gasteiger partial charge in [0.2, 0.25) is 0 Å². The quantitative estimate of drug-likeness (QED) is 0.464. The Morgan fingerprint density at radius 1 is 1.25 bits per heavy atom. The van der Waals surface area contributed by atoms with E-state index in [9.17, 15) is 4.79 Å². The number of thioether (sulfide) groups is 1. The van der Waals surface area contributed by atoms with Crippen LogP contribution < -0.4 is 9.64 Å². The van der Waals surface area contributed by atoms with Crippen LogP contribution in [0.15, 0.2) is 51.8 Å². The average molecular weight is 441 g/mol. The normalized spacial score (nSPS) is 16.1. The summed E-state index contributed by atoms with van der Waals surface area (Å²) in [5.74, 6) is 0.532. The maximum absolute atomic E-state index is 12.8. The van der Waals surface area contributed by atoms with Crippen molar-refractivity contribution < 1.29 is 9.53 Å². The number of methoxy groups -OCH3 is 1. The maximum Gasteiger partial charge on any atom is 0.270 e. The Labute approximate surface area is 162 Å². The molecule has 0 spiro atoms. The fourth-order valence-corrected chi connectivity index (χ4v) is 4.03. The van der Waals surface area contributed by atoms with E-state index >= 15 is 0 Å². The summed E-state index contributed by atoms with van der Waals surface area (Å²) in [5, 5.41) is 0.610. The highest BCUT2D eigenvalue weighted by atomic mass is 79.9. The van der Waals surface area contributed by atoms with Crippen LogP contribution in [0.1, 0.15) is 5.56 Å². The van der Waals surface area contributed by atoms with Gasteiger partial charge in [0.25, 0.3) is 5.91 Å². The van der Waals surface area contributed by atoms with E-state index in [1.807, 2.05) is 18.2 Å². The van der Waals surface area contributed by atoms with Crippen molar-refractivity contribution in [1.82, 2.24) is 0 Å². The lowest BCUT2D eigenvalue weighted by atomic mass is 10.2. The summed E-state index contributed by atoms with van der Waals surface area (Å²) >= 11 is 16.0. The largest absolute Gasteiger partial charge is 0.496 e. The van der Waals surface area contributed by atoms with Gasteiger partial charge in [-0.2, -0.15) is 0 Å². The first-order valence-corrected chi connectivity index (χ1v) is 9.26. The van der Waals surface area contributed by atoms with E-state index in [1.165, 1.54) is 16.7 Å². The number of amides is 1. The fourth-order valence-electron chi connectivity index (χ4n) is 2.24. The summed E-state index contributed by atoms with van der Waals surface area (Å²) in [4.78, 5) is 14.8. The number of nitrogens with zero attached hydrogens (tertiary/aromatic N) is 1. The molecular weight excluding hydrogens is 430 g/mol. The SMILES string of the molecule is COc1ccc(Br)cc1/C=C1\SC(=S)N(c2ccc(Cl)cc2)C1=O. The molecule has 1 saturated heterocycles. The number of carbonyl (C=O) groups excluding carboxylic acids is 1. The Hall–Kier alpha value is -1.34. The third-order valence-electron chi connectivity index (χ3n) is 3.36. The van der Waals surface area contributed by atoms with E-state index in [2.05, 4.69) is 15.9 Å². The number of thiocarbonyl (C=S) groups is 1. The number of hydrogen-bond donors (Lipinski definition) is 0. The maximum atomic E-state index is 12.8. The average Bonchev–Trinajstić information content (AvgIpc) is 2.83. The summed E-state index contributed by atoms with van der Waals surface area (Å²) in [6.07, 6.45) is 1.79. The lowest BCUT2D eigenvalue weighted by Crippen LogP contribution is -2.27. The molecule has 1 aliphatic rings. The number of rotatable bonds is 3. The van der Waals surface area contributed by atoms with Crippen LogP contribution in [-0.4, -0.2) is 17.3 Å². The van der Waals surface area contributed by atoms with Crippen LogP contribution in [0.5, 0.6) is 5.75 Å². The van der Waals surface area contributed by atoms with Crippen LogP contribution in [0.25, 0.3) is 6.08 Å². The zero-order valence-electron chi connectivity index (χ0n) is 12.5. The molecule has 0 aromatic heterocycles. The minimum absolute atomic E-state index is 0.158. The second-order valence-corrected chi connectivity index (χ2v) is 7.91. The summed E-state index contributed by atoms with van der Waals surface area (Å²) in [7, 11) is 1.60. The Balaban J connectivity index is 1.97. The molecule has 2 aromatic carbocycles. The third kappa shape index (κ3) is 3.52. The number of hydrogen-bond acceptors (Lipinski definition) is 4. The molecule has 7 heteroatoms. The van der Waals surface area contributed by atoms with Gasteiger partial charge in [-0.05, 0) is 48.5 Å². The van der Waals surface area contributed by atoms with Crippen molar-refractivity contribution in [3.05, 3.63) is 62.4 Å². The predicted molar refractivity (Wildman–Crippen MR) is 108 cm³/mol. The molecule has 0 N–H and O–H groups in total. The third-order valence-corrected chi connectivity index (χ3v) is 5.40. The topological polar surface area (TPSA) is 29.5 Å². The van der Waals surface area contributed by atoms with E-state index in [4.69, 9.17) is 28.6 Å². The lowest BCUT2D eigenvalue weighted by molar-refractivity contribution is -0.113. The van der Waals surface area contributed by atoms with Gasteiger partial charge in [-0.15, -0.1) is 0 Å². The molecule has 0 bridgehead atoms. The van der Waals surface area contributed by atoms with Crippen molar-refractivity contribution in [3.8, 4) is 5.75 Å². The molecule has 0 unspecified atom stereocenters. The van der Waals surface area contributed by atoms with Crippen LogP contribution >= 0.6 is 51.5 Å². The number of ether oxygens (including phenoxy) is 1. The van der Waals surface area contributed by atoms with Gasteiger partial charge in [0, 0.05) is 15.1 Å². The number of halogens is 2. The zero-order chi connectivity index (χ0) is 17.3. The molecular formula is C17H11BrClNO2S2. The van der Waals surface area contributed by atoms with Crippen LogP contribution in [0, 0.1) is 0 Å². The summed E-state index contributed by atoms with van der Waals surface area (Å²) in [5.41, 5.74) is 1.51.